The molecule has 0 aliphatic carbocycles. The Morgan fingerprint density at radius 2 is 1.98 bits per heavy atom. The molecule has 1 aliphatic heterocycles. The number of rotatable bonds is 9. The van der Waals surface area contributed by atoms with Crippen LogP contribution < -0.4 is 11.1 Å². The van der Waals surface area contributed by atoms with Crippen LogP contribution in [0.15, 0.2) is 58.4 Å². The van der Waals surface area contributed by atoms with E-state index in [9.17, 15) is 23.9 Å². The van der Waals surface area contributed by atoms with Gasteiger partial charge in [0.05, 0.1) is 22.9 Å². The van der Waals surface area contributed by atoms with E-state index in [1.165, 1.54) is 28.8 Å². The number of benzene rings is 2. The maximum atomic E-state index is 15.7. The van der Waals surface area contributed by atoms with Crippen molar-refractivity contribution in [1.82, 2.24) is 14.8 Å². The number of primary amides is 1. The van der Waals surface area contributed by atoms with Crippen LogP contribution in [0.1, 0.15) is 12.0 Å². The zero-order chi connectivity index (χ0) is 28.8. The van der Waals surface area contributed by atoms with Crippen LogP contribution in [0, 0.1) is 11.6 Å². The number of nitrogens with one attached hydrogen (secondary N) is 1. The second kappa shape index (κ2) is 12.6. The van der Waals surface area contributed by atoms with E-state index in [0.717, 1.165) is 17.0 Å². The van der Waals surface area contributed by atoms with Gasteiger partial charge in [0.1, 0.15) is 28.9 Å². The Kier molecular flexibility index (Phi) is 8.94. The Labute approximate surface area is 232 Å². The minimum Gasteiger partial charge on any atom is -0.507 e. The molecule has 0 spiro atoms. The fourth-order valence-electron chi connectivity index (χ4n) is 4.52. The first-order valence-corrected chi connectivity index (χ1v) is 13.3. The number of aliphatic imine (C=N–C) groups is 1. The first kappa shape index (κ1) is 28.5. The van der Waals surface area contributed by atoms with Crippen LogP contribution in [-0.2, 0) is 14.4 Å². The SMILES string of the molecule is CSc1ccccc1N=C(c1cc(F)c(-c2c(O)cccc2F)nc1NC=O)N1CCN(C=O)CC1CC(N)=O. The molecule has 0 saturated carbocycles. The number of nitrogens with two attached hydrogens (primary N) is 1. The Bertz CT molecular complexity index is 1450. The Hall–Kier alpha value is -4.52. The lowest BCUT2D eigenvalue weighted by Crippen LogP contribution is -2.56. The lowest BCUT2D eigenvalue weighted by molar-refractivity contribution is -0.123. The molecule has 1 atom stereocenters. The summed E-state index contributed by atoms with van der Waals surface area (Å²) in [6, 6.07) is 11.1. The third-order valence-corrected chi connectivity index (χ3v) is 7.11. The normalized spacial score (nSPS) is 15.6. The van der Waals surface area contributed by atoms with Gasteiger partial charge in [-0.2, -0.15) is 0 Å². The molecule has 1 aliphatic rings. The summed E-state index contributed by atoms with van der Waals surface area (Å²) in [7, 11) is 0. The van der Waals surface area contributed by atoms with Gasteiger partial charge in [0.15, 0.2) is 5.82 Å². The third kappa shape index (κ3) is 6.04. The van der Waals surface area contributed by atoms with E-state index in [2.05, 4.69) is 10.3 Å². The number of aromatic hydroxyl groups is 1. The number of phenols is 1. The van der Waals surface area contributed by atoms with E-state index >= 15 is 4.39 Å². The molecule has 13 heteroatoms. The van der Waals surface area contributed by atoms with Crippen LogP contribution in [0.2, 0.25) is 0 Å². The highest BCUT2D eigenvalue weighted by atomic mass is 32.2. The molecule has 10 nitrogen and oxygen atoms in total. The van der Waals surface area contributed by atoms with Gasteiger partial charge in [0.25, 0.3) is 0 Å². The van der Waals surface area contributed by atoms with Gasteiger partial charge < -0.3 is 26.0 Å². The van der Waals surface area contributed by atoms with Crippen molar-refractivity contribution in [3.05, 3.63) is 65.7 Å². The van der Waals surface area contributed by atoms with Gasteiger partial charge in [-0.05, 0) is 36.6 Å². The standard InChI is InChI=1S/C27H26F2N6O4S/c1-40-22-8-3-2-6-20(22)32-27(35-10-9-34(15-37)13-16(35)11-23(30)39)17-12-19(29)25(33-26(17)31-14-36)24-18(28)5-4-7-21(24)38/h2-8,12,14-16,38H,9-11,13H2,1H3,(H2,30,39)(H,31,33,36). The fraction of sp³-hybridized carbons (Fsp3) is 0.222. The summed E-state index contributed by atoms with van der Waals surface area (Å²) < 4.78 is 30.3. The van der Waals surface area contributed by atoms with Crippen LogP contribution in [0.25, 0.3) is 11.3 Å². The number of halogens is 2. The number of pyridine rings is 1. The van der Waals surface area contributed by atoms with Crippen LogP contribution in [0.4, 0.5) is 20.3 Å². The lowest BCUT2D eigenvalue weighted by Gasteiger charge is -2.41. The Morgan fingerprint density at radius 3 is 2.65 bits per heavy atom. The number of amidine groups is 1. The van der Waals surface area contributed by atoms with Crippen molar-refractivity contribution in [2.75, 3.05) is 31.2 Å². The maximum absolute atomic E-state index is 15.7. The van der Waals surface area contributed by atoms with Gasteiger partial charge in [-0.15, -0.1) is 11.8 Å². The van der Waals surface area contributed by atoms with E-state index in [4.69, 9.17) is 10.7 Å². The van der Waals surface area contributed by atoms with Crippen molar-refractivity contribution in [3.63, 3.8) is 0 Å². The predicted molar refractivity (Wildman–Crippen MR) is 147 cm³/mol. The Balaban J connectivity index is 1.97. The highest BCUT2D eigenvalue weighted by Gasteiger charge is 2.33. The zero-order valence-electron chi connectivity index (χ0n) is 21.4. The quantitative estimate of drug-likeness (QED) is 0.156. The highest BCUT2D eigenvalue weighted by molar-refractivity contribution is 7.98. The molecular formula is C27H26F2N6O4S. The largest absolute Gasteiger partial charge is 0.507 e. The van der Waals surface area contributed by atoms with E-state index < -0.39 is 40.6 Å². The van der Waals surface area contributed by atoms with Crippen LogP contribution in [0.3, 0.4) is 0 Å². The van der Waals surface area contributed by atoms with Crippen molar-refractivity contribution in [2.45, 2.75) is 17.4 Å². The number of hydrogen-bond acceptors (Lipinski definition) is 7. The lowest BCUT2D eigenvalue weighted by atomic mass is 10.0. The number of nitrogens with zero attached hydrogens (tertiary/aromatic N) is 4. The van der Waals surface area contributed by atoms with Crippen molar-refractivity contribution in [2.24, 2.45) is 10.7 Å². The number of para-hydroxylation sites is 1. The van der Waals surface area contributed by atoms with E-state index in [1.807, 2.05) is 18.4 Å². The fourth-order valence-corrected chi connectivity index (χ4v) is 5.06. The number of amides is 3. The first-order valence-electron chi connectivity index (χ1n) is 12.1. The van der Waals surface area contributed by atoms with Crippen molar-refractivity contribution in [3.8, 4) is 17.0 Å². The smallest absolute Gasteiger partial charge is 0.219 e. The number of piperazine rings is 1. The summed E-state index contributed by atoms with van der Waals surface area (Å²) in [5, 5.41) is 12.7. The molecule has 2 aromatic carbocycles. The van der Waals surface area contributed by atoms with Crippen LogP contribution in [-0.4, -0.2) is 76.4 Å². The van der Waals surface area contributed by atoms with Gasteiger partial charge >= 0.3 is 0 Å². The molecule has 2 heterocycles. The first-order chi connectivity index (χ1) is 19.3. The monoisotopic (exact) mass is 568 g/mol. The van der Waals surface area contributed by atoms with Gasteiger partial charge in [-0.3, -0.25) is 14.4 Å². The van der Waals surface area contributed by atoms with Crippen LogP contribution in [0.5, 0.6) is 5.75 Å². The number of aromatic nitrogens is 1. The molecule has 4 N–H and O–H groups in total. The molecule has 1 fully saturated rings. The topological polar surface area (TPSA) is 141 Å². The zero-order valence-corrected chi connectivity index (χ0v) is 22.2. The molecule has 1 saturated heterocycles. The molecule has 1 aromatic heterocycles. The van der Waals surface area contributed by atoms with Gasteiger partial charge in [0, 0.05) is 31.0 Å². The van der Waals surface area contributed by atoms with Crippen molar-refractivity contribution < 1.29 is 28.3 Å². The number of carbonyl (C=O) groups is 3. The van der Waals surface area contributed by atoms with Crippen LogP contribution >= 0.6 is 11.8 Å². The van der Waals surface area contributed by atoms with Crippen molar-refractivity contribution in [1.29, 1.82) is 0 Å². The van der Waals surface area contributed by atoms with Crippen molar-refractivity contribution >= 4 is 47.8 Å². The summed E-state index contributed by atoms with van der Waals surface area (Å²) >= 11 is 1.43. The number of phenolic OH excluding ortho intramolecular Hbond substituents is 1. The summed E-state index contributed by atoms with van der Waals surface area (Å²) in [6.07, 6.45) is 2.72. The summed E-state index contributed by atoms with van der Waals surface area (Å²) in [5.41, 5.74) is 5.08. The number of hydrogen-bond donors (Lipinski definition) is 3. The van der Waals surface area contributed by atoms with Gasteiger partial charge in [-0.1, -0.05) is 18.2 Å². The molecule has 208 valence electrons. The molecule has 3 aromatic rings. The second-order valence-corrected chi connectivity index (χ2v) is 9.68. The second-order valence-electron chi connectivity index (χ2n) is 8.84. The minimum atomic E-state index is -0.990. The maximum Gasteiger partial charge on any atom is 0.219 e. The number of anilines is 1. The van der Waals surface area contributed by atoms with E-state index in [-0.39, 0.29) is 43.3 Å². The molecule has 0 radical (unpaired) electrons. The number of carbonyl (C=O) groups excluding carboxylic acids is 3. The predicted octanol–water partition coefficient (Wildman–Crippen LogP) is 3.12. The van der Waals surface area contributed by atoms with E-state index in [1.54, 1.807) is 17.0 Å². The average molecular weight is 569 g/mol. The average Bonchev–Trinajstić information content (AvgIpc) is 2.93. The minimum absolute atomic E-state index is 0.0362. The molecule has 4 rings (SSSR count). The van der Waals surface area contributed by atoms with E-state index in [0.29, 0.717) is 18.5 Å². The summed E-state index contributed by atoms with van der Waals surface area (Å²) in [4.78, 5) is 48.1. The summed E-state index contributed by atoms with van der Waals surface area (Å²) in [6.45, 7) is 0.619. The summed E-state index contributed by atoms with van der Waals surface area (Å²) in [5.74, 6) is -3.07. The molecule has 3 amide bonds. The molecular weight excluding hydrogens is 542 g/mol. The number of thioether (sulfide) groups is 1. The Morgan fingerprint density at radius 1 is 1.20 bits per heavy atom. The highest BCUT2D eigenvalue weighted by Crippen LogP contribution is 2.36. The molecule has 40 heavy (non-hydrogen) atoms. The third-order valence-electron chi connectivity index (χ3n) is 6.32. The van der Waals surface area contributed by atoms with Gasteiger partial charge in [-0.25, -0.2) is 18.8 Å². The van der Waals surface area contributed by atoms with Gasteiger partial charge in [0.2, 0.25) is 18.7 Å². The molecule has 1 unspecified atom stereocenters. The molecule has 0 bridgehead atoms.